The molecule has 2 aromatic rings. The third kappa shape index (κ3) is 1.97. The molecule has 2 saturated heterocycles. The van der Waals surface area contributed by atoms with E-state index >= 15 is 0 Å². The van der Waals surface area contributed by atoms with Crippen LogP contribution in [-0.4, -0.2) is 36.1 Å². The van der Waals surface area contributed by atoms with Crippen LogP contribution in [0.5, 0.6) is 0 Å². The average molecular weight is 269 g/mol. The Morgan fingerprint density at radius 2 is 1.95 bits per heavy atom. The molecule has 0 aliphatic carbocycles. The van der Waals surface area contributed by atoms with Gasteiger partial charge in [-0.1, -0.05) is 25.1 Å². The first-order valence-corrected chi connectivity index (χ1v) is 7.86. The van der Waals surface area contributed by atoms with Gasteiger partial charge in [-0.2, -0.15) is 0 Å². The number of hydrogen-bond acceptors (Lipinski definition) is 2. The number of hydrogen-bond donors (Lipinski definition) is 2. The number of nitrogens with zero attached hydrogens (tertiary/aromatic N) is 1. The largest absolute Gasteiger partial charge is 0.361 e. The summed E-state index contributed by atoms with van der Waals surface area (Å²) in [5.74, 6) is 1.76. The van der Waals surface area contributed by atoms with Gasteiger partial charge in [-0.25, -0.2) is 0 Å². The Kier molecular flexibility index (Phi) is 3.04. The molecular formula is C17H23N3. The maximum absolute atomic E-state index is 3.52. The highest BCUT2D eigenvalue weighted by Crippen LogP contribution is 2.29. The zero-order valence-electron chi connectivity index (χ0n) is 12.2. The number of para-hydroxylation sites is 1. The van der Waals surface area contributed by atoms with Gasteiger partial charge in [0.1, 0.15) is 0 Å². The molecule has 20 heavy (non-hydrogen) atoms. The molecule has 3 nitrogen and oxygen atoms in total. The van der Waals surface area contributed by atoms with E-state index in [1.807, 2.05) is 0 Å². The van der Waals surface area contributed by atoms with Crippen molar-refractivity contribution in [2.24, 2.45) is 11.8 Å². The van der Waals surface area contributed by atoms with Gasteiger partial charge in [-0.05, 0) is 42.5 Å². The first-order valence-electron chi connectivity index (χ1n) is 7.86. The molecule has 2 fully saturated rings. The number of nitrogens with one attached hydrogen (secondary N) is 2. The summed E-state index contributed by atoms with van der Waals surface area (Å²) >= 11 is 0. The van der Waals surface area contributed by atoms with E-state index in [0.717, 1.165) is 24.8 Å². The van der Waals surface area contributed by atoms with Crippen LogP contribution in [0.15, 0.2) is 24.4 Å². The van der Waals surface area contributed by atoms with Crippen LogP contribution in [0.3, 0.4) is 0 Å². The number of aryl methyl sites for hydroxylation is 1. The van der Waals surface area contributed by atoms with E-state index in [9.17, 15) is 0 Å². The van der Waals surface area contributed by atoms with Gasteiger partial charge < -0.3 is 10.3 Å². The number of aromatic amines is 1. The summed E-state index contributed by atoms with van der Waals surface area (Å²) in [6.07, 6.45) is 3.31. The number of likely N-dealkylation sites (tertiary alicyclic amines) is 1. The molecular weight excluding hydrogens is 246 g/mol. The Balaban J connectivity index is 1.57. The summed E-state index contributed by atoms with van der Waals surface area (Å²) in [4.78, 5) is 6.13. The number of benzene rings is 1. The fraction of sp³-hybridized carbons (Fsp3) is 0.529. The molecule has 1 aromatic carbocycles. The predicted octanol–water partition coefficient (Wildman–Crippen LogP) is 2.38. The van der Waals surface area contributed by atoms with Gasteiger partial charge in [0.2, 0.25) is 0 Å². The van der Waals surface area contributed by atoms with Gasteiger partial charge in [0.25, 0.3) is 0 Å². The lowest BCUT2D eigenvalue weighted by atomic mass is 10.0. The van der Waals surface area contributed by atoms with Gasteiger partial charge in [0.05, 0.1) is 0 Å². The second-order valence-corrected chi connectivity index (χ2v) is 6.38. The molecule has 2 N–H and O–H groups in total. The smallest absolute Gasteiger partial charge is 0.0489 e. The van der Waals surface area contributed by atoms with Crippen molar-refractivity contribution >= 4 is 10.9 Å². The first kappa shape index (κ1) is 12.4. The Bertz CT molecular complexity index is 604. The molecule has 1 aromatic heterocycles. The maximum Gasteiger partial charge on any atom is 0.0489 e. The highest BCUT2D eigenvalue weighted by atomic mass is 15.2. The second-order valence-electron chi connectivity index (χ2n) is 6.38. The summed E-state index contributed by atoms with van der Waals surface area (Å²) < 4.78 is 0. The zero-order valence-corrected chi connectivity index (χ0v) is 12.2. The van der Waals surface area contributed by atoms with Crippen molar-refractivity contribution in [2.75, 3.05) is 26.2 Å². The van der Waals surface area contributed by atoms with Crippen molar-refractivity contribution in [1.82, 2.24) is 15.2 Å². The Morgan fingerprint density at radius 3 is 2.70 bits per heavy atom. The minimum atomic E-state index is 0.881. The topological polar surface area (TPSA) is 31.1 Å². The van der Waals surface area contributed by atoms with Gasteiger partial charge >= 0.3 is 0 Å². The fourth-order valence-electron chi connectivity index (χ4n) is 4.02. The Labute approximate surface area is 120 Å². The van der Waals surface area contributed by atoms with Crippen molar-refractivity contribution in [3.63, 3.8) is 0 Å². The van der Waals surface area contributed by atoms with E-state index in [2.05, 4.69) is 46.5 Å². The summed E-state index contributed by atoms with van der Waals surface area (Å²) in [6, 6.07) is 6.69. The summed E-state index contributed by atoms with van der Waals surface area (Å²) in [5.41, 5.74) is 4.23. The van der Waals surface area contributed by atoms with E-state index in [1.54, 1.807) is 0 Å². The molecule has 0 amide bonds. The SMILES string of the molecule is CCc1cccc2c(CN3C[C@H]4CNC[C@H]4C3)c[nH]c12. The van der Waals surface area contributed by atoms with Crippen LogP contribution < -0.4 is 5.32 Å². The van der Waals surface area contributed by atoms with Crippen LogP contribution in [0.25, 0.3) is 10.9 Å². The Hall–Kier alpha value is -1.32. The monoisotopic (exact) mass is 269 g/mol. The Morgan fingerprint density at radius 1 is 1.15 bits per heavy atom. The second kappa shape index (κ2) is 4.90. The number of fused-ring (bicyclic) bond motifs is 2. The number of H-pyrrole nitrogens is 1. The van der Waals surface area contributed by atoms with Crippen molar-refractivity contribution in [1.29, 1.82) is 0 Å². The molecule has 3 heterocycles. The third-order valence-electron chi connectivity index (χ3n) is 5.13. The molecule has 3 heteroatoms. The van der Waals surface area contributed by atoms with E-state index in [0.29, 0.717) is 0 Å². The lowest BCUT2D eigenvalue weighted by Gasteiger charge is -2.16. The predicted molar refractivity (Wildman–Crippen MR) is 82.8 cm³/mol. The van der Waals surface area contributed by atoms with E-state index in [4.69, 9.17) is 0 Å². The highest BCUT2D eigenvalue weighted by Gasteiger charge is 2.35. The van der Waals surface area contributed by atoms with Crippen LogP contribution in [0, 0.1) is 11.8 Å². The van der Waals surface area contributed by atoms with Crippen molar-refractivity contribution in [2.45, 2.75) is 19.9 Å². The molecule has 0 spiro atoms. The van der Waals surface area contributed by atoms with E-state index in [1.165, 1.54) is 48.2 Å². The van der Waals surface area contributed by atoms with Crippen molar-refractivity contribution < 1.29 is 0 Å². The third-order valence-corrected chi connectivity index (χ3v) is 5.13. The minimum absolute atomic E-state index is 0.881. The highest BCUT2D eigenvalue weighted by molar-refractivity contribution is 5.86. The maximum atomic E-state index is 3.52. The summed E-state index contributed by atoms with van der Waals surface area (Å²) in [5, 5.41) is 4.93. The number of rotatable bonds is 3. The van der Waals surface area contributed by atoms with Gasteiger partial charge in [-0.3, -0.25) is 4.90 Å². The van der Waals surface area contributed by atoms with E-state index in [-0.39, 0.29) is 0 Å². The van der Waals surface area contributed by atoms with Gasteiger partial charge in [0, 0.05) is 36.7 Å². The van der Waals surface area contributed by atoms with Crippen LogP contribution in [0.1, 0.15) is 18.1 Å². The lowest BCUT2D eigenvalue weighted by Crippen LogP contribution is -2.25. The average Bonchev–Trinajstić information content (AvgIpc) is 3.13. The molecule has 0 unspecified atom stereocenters. The molecule has 106 valence electrons. The van der Waals surface area contributed by atoms with Crippen LogP contribution in [0.4, 0.5) is 0 Å². The molecule has 4 rings (SSSR count). The first-order chi connectivity index (χ1) is 9.85. The van der Waals surface area contributed by atoms with Crippen LogP contribution >= 0.6 is 0 Å². The molecule has 2 atom stereocenters. The van der Waals surface area contributed by atoms with Crippen LogP contribution in [-0.2, 0) is 13.0 Å². The summed E-state index contributed by atoms with van der Waals surface area (Å²) in [7, 11) is 0. The summed E-state index contributed by atoms with van der Waals surface area (Å²) in [6.45, 7) is 8.28. The minimum Gasteiger partial charge on any atom is -0.361 e. The molecule has 0 saturated carbocycles. The fourth-order valence-corrected chi connectivity index (χ4v) is 4.02. The molecule has 2 aliphatic heterocycles. The molecule has 0 bridgehead atoms. The lowest BCUT2D eigenvalue weighted by molar-refractivity contribution is 0.307. The van der Waals surface area contributed by atoms with E-state index < -0.39 is 0 Å². The van der Waals surface area contributed by atoms with Gasteiger partial charge in [0.15, 0.2) is 0 Å². The quantitative estimate of drug-likeness (QED) is 0.896. The molecule has 0 radical (unpaired) electrons. The van der Waals surface area contributed by atoms with Crippen molar-refractivity contribution in [3.05, 3.63) is 35.5 Å². The standard InChI is InChI=1S/C17H23N3/c1-2-12-4-3-5-16-15(8-19-17(12)16)11-20-9-13-6-18-7-14(13)10-20/h3-5,8,13-14,18-19H,2,6-7,9-11H2,1H3/t13-,14+. The van der Waals surface area contributed by atoms with Crippen molar-refractivity contribution in [3.8, 4) is 0 Å². The zero-order chi connectivity index (χ0) is 13.5. The normalized spacial score (nSPS) is 26.4. The molecule has 2 aliphatic rings. The number of aromatic nitrogens is 1. The van der Waals surface area contributed by atoms with Gasteiger partial charge in [-0.15, -0.1) is 0 Å². The van der Waals surface area contributed by atoms with Crippen LogP contribution in [0.2, 0.25) is 0 Å².